The Balaban J connectivity index is 2.44. The van der Waals surface area contributed by atoms with Gasteiger partial charge in [0.25, 0.3) is 5.91 Å². The molecule has 1 rings (SSSR count). The lowest BCUT2D eigenvalue weighted by Gasteiger charge is -2.06. The molecule has 3 nitrogen and oxygen atoms in total. The van der Waals surface area contributed by atoms with Crippen LogP contribution in [0.4, 0.5) is 0 Å². The van der Waals surface area contributed by atoms with Crippen molar-refractivity contribution in [2.24, 2.45) is 0 Å². The number of aromatic hydroxyl groups is 1. The molecule has 0 fully saturated rings. The van der Waals surface area contributed by atoms with E-state index in [0.717, 1.165) is 19.3 Å². The third-order valence-corrected chi connectivity index (χ3v) is 2.80. The quantitative estimate of drug-likeness (QED) is 0.619. The molecule has 0 atom stereocenters. The van der Waals surface area contributed by atoms with E-state index in [-0.39, 0.29) is 17.2 Å². The van der Waals surface area contributed by atoms with E-state index in [1.165, 1.54) is 18.2 Å². The third kappa shape index (κ3) is 4.84. The van der Waals surface area contributed by atoms with Crippen LogP contribution in [0.1, 0.15) is 29.6 Å². The minimum atomic E-state index is -0.309. The Morgan fingerprint density at radius 2 is 2.06 bits per heavy atom. The molecule has 0 aromatic heterocycles. The predicted octanol–water partition coefficient (Wildman–Crippen LogP) is 3.18. The number of carbonyl (C=O) groups excluding carboxylic acids is 1. The van der Waals surface area contributed by atoms with E-state index in [1.54, 1.807) is 0 Å². The molecule has 0 aliphatic heterocycles. The van der Waals surface area contributed by atoms with Gasteiger partial charge in [-0.3, -0.25) is 4.79 Å². The molecular weight excluding hydrogens is 261 g/mol. The highest BCUT2D eigenvalue weighted by atomic mass is 35.5. The van der Waals surface area contributed by atoms with Crippen LogP contribution in [0.2, 0.25) is 5.02 Å². The Morgan fingerprint density at radius 1 is 1.29 bits per heavy atom. The fourth-order valence-electron chi connectivity index (χ4n) is 1.38. The zero-order chi connectivity index (χ0) is 12.7. The van der Waals surface area contributed by atoms with Gasteiger partial charge in [0.2, 0.25) is 0 Å². The van der Waals surface area contributed by atoms with Crippen molar-refractivity contribution in [2.75, 3.05) is 12.4 Å². The molecule has 0 unspecified atom stereocenters. The standard InChI is InChI=1S/C12H15Cl2NO2/c13-6-2-1-3-7-15-12(17)10-8-9(14)4-5-11(10)16/h4-5,8,16H,1-3,6-7H2,(H,15,17). The number of unbranched alkanes of at least 4 members (excludes halogenated alkanes) is 2. The molecule has 0 aliphatic rings. The van der Waals surface area contributed by atoms with Gasteiger partial charge in [0.1, 0.15) is 5.75 Å². The number of carbonyl (C=O) groups is 1. The van der Waals surface area contributed by atoms with Crippen LogP contribution in [0, 0.1) is 0 Å². The number of phenolic OH excluding ortho intramolecular Hbond substituents is 1. The molecule has 0 saturated heterocycles. The molecule has 5 heteroatoms. The number of amides is 1. The summed E-state index contributed by atoms with van der Waals surface area (Å²) in [7, 11) is 0. The van der Waals surface area contributed by atoms with Crippen LogP contribution in [-0.2, 0) is 0 Å². The van der Waals surface area contributed by atoms with E-state index >= 15 is 0 Å². The number of halogens is 2. The van der Waals surface area contributed by atoms with Gasteiger partial charge in [0, 0.05) is 17.4 Å². The first kappa shape index (κ1) is 14.1. The van der Waals surface area contributed by atoms with Gasteiger partial charge in [0.15, 0.2) is 0 Å². The highest BCUT2D eigenvalue weighted by molar-refractivity contribution is 6.31. The number of hydrogen-bond donors (Lipinski definition) is 2. The van der Waals surface area contributed by atoms with E-state index in [4.69, 9.17) is 23.2 Å². The molecule has 0 radical (unpaired) electrons. The van der Waals surface area contributed by atoms with Gasteiger partial charge < -0.3 is 10.4 Å². The summed E-state index contributed by atoms with van der Waals surface area (Å²) in [6.45, 7) is 0.571. The summed E-state index contributed by atoms with van der Waals surface area (Å²) in [4.78, 5) is 11.7. The lowest BCUT2D eigenvalue weighted by molar-refractivity contribution is 0.0950. The number of phenols is 1. The fraction of sp³-hybridized carbons (Fsp3) is 0.417. The molecule has 0 saturated carbocycles. The van der Waals surface area contributed by atoms with E-state index in [2.05, 4.69) is 5.32 Å². The largest absolute Gasteiger partial charge is 0.507 e. The Kier molecular flexibility index (Phi) is 6.16. The smallest absolute Gasteiger partial charge is 0.255 e. The molecule has 0 aliphatic carbocycles. The molecule has 0 heterocycles. The van der Waals surface area contributed by atoms with Crippen molar-refractivity contribution < 1.29 is 9.90 Å². The molecule has 17 heavy (non-hydrogen) atoms. The summed E-state index contributed by atoms with van der Waals surface area (Å²) in [6.07, 6.45) is 2.80. The molecule has 0 spiro atoms. The maximum absolute atomic E-state index is 11.7. The first-order valence-corrected chi connectivity index (χ1v) is 6.39. The predicted molar refractivity (Wildman–Crippen MR) is 70.0 cm³/mol. The van der Waals surface area contributed by atoms with Crippen molar-refractivity contribution in [1.29, 1.82) is 0 Å². The van der Waals surface area contributed by atoms with Gasteiger partial charge in [-0.05, 0) is 31.0 Å². The van der Waals surface area contributed by atoms with Gasteiger partial charge in [-0.25, -0.2) is 0 Å². The first-order valence-electron chi connectivity index (χ1n) is 5.48. The van der Waals surface area contributed by atoms with Gasteiger partial charge in [-0.1, -0.05) is 18.0 Å². The number of alkyl halides is 1. The van der Waals surface area contributed by atoms with Crippen molar-refractivity contribution in [1.82, 2.24) is 5.32 Å². The van der Waals surface area contributed by atoms with Crippen molar-refractivity contribution in [3.05, 3.63) is 28.8 Å². The van der Waals surface area contributed by atoms with Gasteiger partial charge in [0.05, 0.1) is 5.56 Å². The summed E-state index contributed by atoms with van der Waals surface area (Å²) in [6, 6.07) is 4.39. The minimum Gasteiger partial charge on any atom is -0.507 e. The zero-order valence-electron chi connectivity index (χ0n) is 9.38. The average molecular weight is 276 g/mol. The van der Waals surface area contributed by atoms with Crippen LogP contribution < -0.4 is 5.32 Å². The highest BCUT2D eigenvalue weighted by Crippen LogP contribution is 2.21. The van der Waals surface area contributed by atoms with Crippen LogP contribution in [-0.4, -0.2) is 23.4 Å². The maximum Gasteiger partial charge on any atom is 0.255 e. The molecule has 94 valence electrons. The van der Waals surface area contributed by atoms with E-state index in [0.29, 0.717) is 17.4 Å². The number of nitrogens with one attached hydrogen (secondary N) is 1. The second kappa shape index (κ2) is 7.41. The summed E-state index contributed by atoms with van der Waals surface area (Å²) in [5.74, 6) is 0.270. The van der Waals surface area contributed by atoms with Crippen LogP contribution in [0.15, 0.2) is 18.2 Å². The third-order valence-electron chi connectivity index (χ3n) is 2.30. The van der Waals surface area contributed by atoms with Gasteiger partial charge >= 0.3 is 0 Å². The van der Waals surface area contributed by atoms with Gasteiger partial charge in [-0.15, -0.1) is 11.6 Å². The van der Waals surface area contributed by atoms with Crippen LogP contribution >= 0.6 is 23.2 Å². The van der Waals surface area contributed by atoms with Crippen LogP contribution in [0.25, 0.3) is 0 Å². The molecule has 1 aromatic rings. The second-order valence-corrected chi connectivity index (χ2v) is 4.48. The Morgan fingerprint density at radius 3 is 2.76 bits per heavy atom. The van der Waals surface area contributed by atoms with Crippen molar-refractivity contribution >= 4 is 29.1 Å². The van der Waals surface area contributed by atoms with E-state index in [9.17, 15) is 9.90 Å². The lowest BCUT2D eigenvalue weighted by Crippen LogP contribution is -2.24. The Labute approximate surface area is 111 Å². The molecular formula is C12H15Cl2NO2. The van der Waals surface area contributed by atoms with Crippen molar-refractivity contribution in [3.63, 3.8) is 0 Å². The summed E-state index contributed by atoms with van der Waals surface area (Å²) >= 11 is 11.3. The summed E-state index contributed by atoms with van der Waals surface area (Å²) in [5.41, 5.74) is 0.204. The van der Waals surface area contributed by atoms with E-state index in [1.807, 2.05) is 0 Å². The number of benzene rings is 1. The monoisotopic (exact) mass is 275 g/mol. The molecule has 0 bridgehead atoms. The molecule has 1 amide bonds. The minimum absolute atomic E-state index is 0.0624. The highest BCUT2D eigenvalue weighted by Gasteiger charge is 2.10. The topological polar surface area (TPSA) is 49.3 Å². The van der Waals surface area contributed by atoms with Gasteiger partial charge in [-0.2, -0.15) is 0 Å². The SMILES string of the molecule is O=C(NCCCCCCl)c1cc(Cl)ccc1O. The summed E-state index contributed by atoms with van der Waals surface area (Å²) in [5, 5.41) is 12.7. The van der Waals surface area contributed by atoms with Crippen molar-refractivity contribution in [2.45, 2.75) is 19.3 Å². The fourth-order valence-corrected chi connectivity index (χ4v) is 1.74. The number of rotatable bonds is 6. The molecule has 1 aromatic carbocycles. The Bertz CT molecular complexity index is 383. The first-order chi connectivity index (χ1) is 8.15. The van der Waals surface area contributed by atoms with Crippen molar-refractivity contribution in [3.8, 4) is 5.75 Å². The lowest BCUT2D eigenvalue weighted by atomic mass is 10.2. The summed E-state index contributed by atoms with van der Waals surface area (Å²) < 4.78 is 0. The average Bonchev–Trinajstić information content (AvgIpc) is 2.32. The maximum atomic E-state index is 11.7. The normalized spacial score (nSPS) is 10.2. The van der Waals surface area contributed by atoms with Crippen LogP contribution in [0.5, 0.6) is 5.75 Å². The second-order valence-electron chi connectivity index (χ2n) is 3.67. The number of hydrogen-bond acceptors (Lipinski definition) is 2. The molecule has 2 N–H and O–H groups in total. The van der Waals surface area contributed by atoms with E-state index < -0.39 is 0 Å². The van der Waals surface area contributed by atoms with Crippen LogP contribution in [0.3, 0.4) is 0 Å². The Hall–Kier alpha value is -0.930. The zero-order valence-corrected chi connectivity index (χ0v) is 10.9.